The molecule has 11 heteroatoms. The molecule has 0 atom stereocenters. The lowest BCUT2D eigenvalue weighted by Crippen LogP contribution is -2.47. The van der Waals surface area contributed by atoms with Crippen molar-refractivity contribution in [1.29, 1.82) is 0 Å². The average molecular weight is 516 g/mol. The van der Waals surface area contributed by atoms with Gasteiger partial charge in [-0.1, -0.05) is 18.2 Å². The van der Waals surface area contributed by atoms with E-state index < -0.39 is 10.0 Å². The average Bonchev–Trinajstić information content (AvgIpc) is 3.57. The van der Waals surface area contributed by atoms with E-state index in [0.717, 1.165) is 39.6 Å². The van der Waals surface area contributed by atoms with Crippen LogP contribution in [0.1, 0.15) is 11.8 Å². The highest BCUT2D eigenvalue weighted by atomic mass is 32.2. The fourth-order valence-electron chi connectivity index (χ4n) is 4.12. The number of anilines is 1. The van der Waals surface area contributed by atoms with Crippen LogP contribution in [-0.4, -0.2) is 67.3 Å². The van der Waals surface area contributed by atoms with Gasteiger partial charge in [-0.3, -0.25) is 14.0 Å². The quantitative estimate of drug-likeness (QED) is 0.404. The Balaban J connectivity index is 1.44. The topological polar surface area (TPSA) is 89.6 Å². The van der Waals surface area contributed by atoms with Crippen molar-refractivity contribution in [3.05, 3.63) is 52.9 Å². The summed E-state index contributed by atoms with van der Waals surface area (Å²) in [4.78, 5) is 25.0. The van der Waals surface area contributed by atoms with E-state index in [9.17, 15) is 13.2 Å². The first-order valence-corrected chi connectivity index (χ1v) is 14.1. The van der Waals surface area contributed by atoms with Gasteiger partial charge in [-0.15, -0.1) is 22.7 Å². The van der Waals surface area contributed by atoms with Crippen molar-refractivity contribution in [3.8, 4) is 10.7 Å². The van der Waals surface area contributed by atoms with Gasteiger partial charge in [0.25, 0.3) is 10.0 Å². The van der Waals surface area contributed by atoms with Crippen molar-refractivity contribution in [3.63, 3.8) is 0 Å². The van der Waals surface area contributed by atoms with Crippen molar-refractivity contribution in [1.82, 2.24) is 19.8 Å². The van der Waals surface area contributed by atoms with Crippen LogP contribution in [0.2, 0.25) is 0 Å². The molecule has 4 aromatic rings. The van der Waals surface area contributed by atoms with Gasteiger partial charge in [-0.2, -0.15) is 0 Å². The Morgan fingerprint density at radius 2 is 2.06 bits per heavy atom. The molecule has 34 heavy (non-hydrogen) atoms. The van der Waals surface area contributed by atoms with Gasteiger partial charge in [0.05, 0.1) is 23.4 Å². The highest BCUT2D eigenvalue weighted by Crippen LogP contribution is 2.35. The number of aromatic nitrogens is 2. The zero-order valence-electron chi connectivity index (χ0n) is 18.9. The Labute approximate surface area is 206 Å². The number of carbonyl (C=O) groups is 1. The maximum atomic E-state index is 13.3. The van der Waals surface area contributed by atoms with Crippen LogP contribution in [0.4, 0.5) is 5.69 Å². The highest BCUT2D eigenvalue weighted by Gasteiger charge is 2.27. The van der Waals surface area contributed by atoms with Crippen molar-refractivity contribution in [2.45, 2.75) is 17.7 Å². The van der Waals surface area contributed by atoms with E-state index in [1.54, 1.807) is 33.7 Å². The minimum atomic E-state index is -3.65. The van der Waals surface area contributed by atoms with Gasteiger partial charge < -0.3 is 9.88 Å². The number of fused-ring (bicyclic) bond motifs is 1. The molecule has 1 N–H and O–H groups in total. The third kappa shape index (κ3) is 4.24. The number of nitrogens with one attached hydrogen (secondary N) is 1. The summed E-state index contributed by atoms with van der Waals surface area (Å²) in [7, 11) is -1.81. The maximum Gasteiger partial charge on any atom is 0.273 e. The number of carbonyl (C=O) groups excluding carboxylic acids is 1. The molecule has 1 aromatic carbocycles. The predicted molar refractivity (Wildman–Crippen MR) is 137 cm³/mol. The minimum absolute atomic E-state index is 0.136. The monoisotopic (exact) mass is 515 g/mol. The number of aromatic amines is 1. The number of hydrogen-bond donors (Lipinski definition) is 1. The molecular weight excluding hydrogens is 490 g/mol. The first kappa shape index (κ1) is 23.0. The molecule has 3 aromatic heterocycles. The van der Waals surface area contributed by atoms with Crippen LogP contribution < -0.4 is 4.31 Å². The molecule has 1 saturated heterocycles. The summed E-state index contributed by atoms with van der Waals surface area (Å²) < 4.78 is 28.3. The number of para-hydroxylation sites is 1. The summed E-state index contributed by atoms with van der Waals surface area (Å²) in [5, 5.41) is 3.53. The number of thiophene rings is 1. The summed E-state index contributed by atoms with van der Waals surface area (Å²) in [6.45, 7) is 4.84. The van der Waals surface area contributed by atoms with Crippen molar-refractivity contribution >= 4 is 55.2 Å². The molecule has 8 nitrogen and oxygen atoms in total. The molecule has 0 unspecified atom stereocenters. The van der Waals surface area contributed by atoms with Crippen LogP contribution in [0.15, 0.2) is 52.2 Å². The molecule has 1 aliphatic heterocycles. The maximum absolute atomic E-state index is 13.3. The number of sulfonamides is 1. The second-order valence-corrected chi connectivity index (χ2v) is 12.3. The number of thiazole rings is 1. The predicted octanol–water partition coefficient (Wildman–Crippen LogP) is 3.84. The summed E-state index contributed by atoms with van der Waals surface area (Å²) in [5.41, 5.74) is 2.23. The third-order valence-corrected chi connectivity index (χ3v) is 10.2. The molecular formula is C23H25N5O3S3. The fraction of sp³-hybridized carbons (Fsp3) is 0.304. The van der Waals surface area contributed by atoms with Gasteiger partial charge in [0, 0.05) is 49.7 Å². The molecule has 178 valence electrons. The van der Waals surface area contributed by atoms with Gasteiger partial charge in [-0.05, 0) is 30.5 Å². The number of likely N-dealkylation sites (N-methyl/N-ethyl adjacent to an activating group) is 1. The van der Waals surface area contributed by atoms with Gasteiger partial charge >= 0.3 is 0 Å². The fourth-order valence-corrected chi connectivity index (χ4v) is 7.64. The lowest BCUT2D eigenvalue weighted by atomic mass is 10.2. The summed E-state index contributed by atoms with van der Waals surface area (Å²) in [6, 6.07) is 11.1. The van der Waals surface area contributed by atoms with Gasteiger partial charge in [0.15, 0.2) is 0 Å². The Kier molecular flexibility index (Phi) is 6.19. The standard InChI is InChI=1S/C23H25N5O3S3/c1-3-28(34(30,31)21-8-5-11-32-21)19-7-4-6-16-12-18(25-22(16)19)23-24-13-17(33-23)14-27-10-9-26(2)20(29)15-27/h4-8,11-13,25H,3,9-10,14-15H2,1-2H3. The zero-order valence-corrected chi connectivity index (χ0v) is 21.3. The first-order chi connectivity index (χ1) is 16.4. The van der Waals surface area contributed by atoms with Gasteiger partial charge in [-0.25, -0.2) is 13.4 Å². The van der Waals surface area contributed by atoms with E-state index in [1.807, 2.05) is 44.4 Å². The summed E-state index contributed by atoms with van der Waals surface area (Å²) >= 11 is 2.80. The number of benzene rings is 1. The van der Waals surface area contributed by atoms with Crippen LogP contribution in [0.5, 0.6) is 0 Å². The Morgan fingerprint density at radius 3 is 2.79 bits per heavy atom. The van der Waals surface area contributed by atoms with E-state index in [2.05, 4.69) is 14.9 Å². The SMILES string of the molecule is CCN(c1cccc2cc(-c3ncc(CN4CCN(C)C(=O)C4)s3)[nH]c12)S(=O)(=O)c1cccs1. The Morgan fingerprint density at radius 1 is 1.21 bits per heavy atom. The van der Waals surface area contributed by atoms with E-state index >= 15 is 0 Å². The second-order valence-electron chi connectivity index (χ2n) is 8.18. The molecule has 4 heterocycles. The molecule has 0 saturated carbocycles. The lowest BCUT2D eigenvalue weighted by molar-refractivity contribution is -0.134. The molecule has 0 radical (unpaired) electrons. The van der Waals surface area contributed by atoms with Gasteiger partial charge in [0.1, 0.15) is 9.22 Å². The van der Waals surface area contributed by atoms with Crippen molar-refractivity contribution in [2.24, 2.45) is 0 Å². The Hall–Kier alpha value is -2.73. The van der Waals surface area contributed by atoms with E-state index in [4.69, 9.17) is 0 Å². The van der Waals surface area contributed by atoms with Gasteiger partial charge in [0.2, 0.25) is 5.91 Å². The van der Waals surface area contributed by atoms with Crippen LogP contribution in [0.3, 0.4) is 0 Å². The molecule has 0 spiro atoms. The third-order valence-electron chi connectivity index (χ3n) is 5.93. The smallest absolute Gasteiger partial charge is 0.273 e. The number of H-pyrrole nitrogens is 1. The number of piperazine rings is 1. The van der Waals surface area contributed by atoms with E-state index in [-0.39, 0.29) is 5.91 Å². The lowest BCUT2D eigenvalue weighted by Gasteiger charge is -2.31. The van der Waals surface area contributed by atoms with Crippen LogP contribution in [0.25, 0.3) is 21.6 Å². The molecule has 1 amide bonds. The summed E-state index contributed by atoms with van der Waals surface area (Å²) in [5.74, 6) is 0.136. The van der Waals surface area contributed by atoms with Crippen LogP contribution >= 0.6 is 22.7 Å². The molecule has 1 aliphatic rings. The molecule has 0 aliphatic carbocycles. The first-order valence-electron chi connectivity index (χ1n) is 11.0. The highest BCUT2D eigenvalue weighted by molar-refractivity contribution is 7.94. The molecule has 1 fully saturated rings. The molecule has 0 bridgehead atoms. The normalized spacial score (nSPS) is 15.4. The summed E-state index contributed by atoms with van der Waals surface area (Å²) in [6.07, 6.45) is 1.86. The number of amides is 1. The molecule has 5 rings (SSSR count). The minimum Gasteiger partial charge on any atom is -0.351 e. The zero-order chi connectivity index (χ0) is 23.9. The van der Waals surface area contributed by atoms with Crippen LogP contribution in [0, 0.1) is 0 Å². The van der Waals surface area contributed by atoms with Crippen LogP contribution in [-0.2, 0) is 21.4 Å². The number of rotatable bonds is 7. The largest absolute Gasteiger partial charge is 0.351 e. The van der Waals surface area contributed by atoms with E-state index in [0.29, 0.717) is 29.5 Å². The second kappa shape index (κ2) is 9.14. The number of hydrogen-bond acceptors (Lipinski definition) is 7. The number of nitrogens with zero attached hydrogens (tertiary/aromatic N) is 4. The van der Waals surface area contributed by atoms with Crippen molar-refractivity contribution in [2.75, 3.05) is 37.5 Å². The Bertz CT molecular complexity index is 1430. The van der Waals surface area contributed by atoms with Crippen molar-refractivity contribution < 1.29 is 13.2 Å². The van der Waals surface area contributed by atoms with E-state index in [1.165, 1.54) is 15.6 Å².